The Hall–Kier alpha value is -2.12. The number of alkyl halides is 8. The molecule has 0 aliphatic heterocycles. The minimum atomic E-state index is -4.82. The second-order valence-electron chi connectivity index (χ2n) is 4.68. The average Bonchev–Trinajstić information content (AvgIpc) is 2.45. The van der Waals surface area contributed by atoms with Gasteiger partial charge in [-0.05, 0) is 35.4 Å². The minimum Gasteiger partial charge on any atom is -0.205 e. The zero-order chi connectivity index (χ0) is 17.4. The molecular formula is C15H8F8. The van der Waals surface area contributed by atoms with E-state index in [0.29, 0.717) is 12.1 Å². The highest BCUT2D eigenvalue weighted by molar-refractivity contribution is 5.69. The molecule has 0 nitrogen and oxygen atoms in total. The summed E-state index contributed by atoms with van der Waals surface area (Å²) in [5.74, 6) is 0. The molecule has 0 N–H and O–H groups in total. The molecule has 0 heterocycles. The van der Waals surface area contributed by atoms with Crippen molar-refractivity contribution in [3.05, 3.63) is 59.2 Å². The first-order valence-corrected chi connectivity index (χ1v) is 6.17. The molecule has 0 aromatic heterocycles. The van der Waals surface area contributed by atoms with Gasteiger partial charge in [0, 0.05) is 5.56 Å². The van der Waals surface area contributed by atoms with Crippen molar-refractivity contribution >= 4 is 0 Å². The fourth-order valence-corrected chi connectivity index (χ4v) is 2.05. The van der Waals surface area contributed by atoms with Crippen molar-refractivity contribution < 1.29 is 35.1 Å². The lowest BCUT2D eigenvalue weighted by molar-refractivity contribution is -0.138. The minimum absolute atomic E-state index is 0.233. The molecule has 0 saturated heterocycles. The number of rotatable bonds is 2. The molecule has 0 fully saturated rings. The molecule has 0 unspecified atom stereocenters. The maximum atomic E-state index is 13.0. The lowest BCUT2D eigenvalue weighted by Crippen LogP contribution is -2.07. The molecule has 2 aromatic rings. The molecule has 124 valence electrons. The van der Waals surface area contributed by atoms with Gasteiger partial charge in [0.1, 0.15) is 0 Å². The zero-order valence-corrected chi connectivity index (χ0v) is 11.1. The molecule has 0 amide bonds. The van der Waals surface area contributed by atoms with Crippen LogP contribution < -0.4 is 0 Å². The molecular weight excluding hydrogens is 332 g/mol. The summed E-state index contributed by atoms with van der Waals surface area (Å²) in [6.07, 6.45) is -12.8. The van der Waals surface area contributed by atoms with Gasteiger partial charge in [-0.3, -0.25) is 0 Å². The quantitative estimate of drug-likeness (QED) is 0.561. The Labute approximate surface area is 125 Å². The van der Waals surface area contributed by atoms with Gasteiger partial charge in [0.15, 0.2) is 0 Å². The van der Waals surface area contributed by atoms with E-state index in [0.717, 1.165) is 24.3 Å². The lowest BCUT2D eigenvalue weighted by Gasteiger charge is -2.14. The molecule has 2 rings (SSSR count). The Bertz CT molecular complexity index is 697. The van der Waals surface area contributed by atoms with Gasteiger partial charge in [-0.1, -0.05) is 18.2 Å². The largest absolute Gasteiger partial charge is 0.416 e. The summed E-state index contributed by atoms with van der Waals surface area (Å²) in [5.41, 5.74) is -3.94. The third-order valence-electron chi connectivity index (χ3n) is 3.11. The first-order chi connectivity index (χ1) is 10.5. The molecule has 0 saturated carbocycles. The van der Waals surface area contributed by atoms with Crippen LogP contribution in [0.25, 0.3) is 11.1 Å². The summed E-state index contributed by atoms with van der Waals surface area (Å²) in [6.45, 7) is 0. The second kappa shape index (κ2) is 5.82. The van der Waals surface area contributed by atoms with E-state index in [-0.39, 0.29) is 17.2 Å². The van der Waals surface area contributed by atoms with Crippen LogP contribution in [-0.2, 0) is 12.4 Å². The van der Waals surface area contributed by atoms with Gasteiger partial charge in [-0.25, -0.2) is 8.78 Å². The summed E-state index contributed by atoms with van der Waals surface area (Å²) in [4.78, 5) is 0. The molecule has 23 heavy (non-hydrogen) atoms. The third kappa shape index (κ3) is 3.80. The van der Waals surface area contributed by atoms with E-state index in [1.165, 1.54) is 0 Å². The highest BCUT2D eigenvalue weighted by Gasteiger charge is 2.33. The van der Waals surface area contributed by atoms with Crippen LogP contribution in [-0.4, -0.2) is 0 Å². The standard InChI is InChI=1S/C15H8F8/c16-13(17)12-7-10(15(21,22)23)4-5-11(12)8-2-1-3-9(6-8)14(18,19)20/h1-7,13H. The predicted octanol–water partition coefficient (Wildman–Crippen LogP) is 6.33. The van der Waals surface area contributed by atoms with Crippen molar-refractivity contribution in [2.45, 2.75) is 18.8 Å². The van der Waals surface area contributed by atoms with Crippen molar-refractivity contribution in [1.82, 2.24) is 0 Å². The summed E-state index contributed by atoms with van der Waals surface area (Å²) in [7, 11) is 0. The van der Waals surface area contributed by atoms with Crippen LogP contribution in [0.2, 0.25) is 0 Å². The van der Waals surface area contributed by atoms with Gasteiger partial charge >= 0.3 is 12.4 Å². The third-order valence-corrected chi connectivity index (χ3v) is 3.11. The fraction of sp³-hybridized carbons (Fsp3) is 0.200. The fourth-order valence-electron chi connectivity index (χ4n) is 2.05. The van der Waals surface area contributed by atoms with Crippen molar-refractivity contribution in [2.24, 2.45) is 0 Å². The van der Waals surface area contributed by atoms with Crippen LogP contribution in [0.1, 0.15) is 23.1 Å². The summed E-state index contributed by atoms with van der Waals surface area (Å²) in [5, 5.41) is 0. The highest BCUT2D eigenvalue weighted by Crippen LogP contribution is 2.38. The zero-order valence-electron chi connectivity index (χ0n) is 11.1. The highest BCUT2D eigenvalue weighted by atomic mass is 19.4. The van der Waals surface area contributed by atoms with Crippen LogP contribution in [0, 0.1) is 0 Å². The molecule has 0 radical (unpaired) electrons. The predicted molar refractivity (Wildman–Crippen MR) is 66.8 cm³/mol. The molecule has 8 heteroatoms. The van der Waals surface area contributed by atoms with Crippen LogP contribution in [0.4, 0.5) is 35.1 Å². The van der Waals surface area contributed by atoms with Gasteiger partial charge < -0.3 is 0 Å². The van der Waals surface area contributed by atoms with Gasteiger partial charge in [0.2, 0.25) is 0 Å². The van der Waals surface area contributed by atoms with Crippen molar-refractivity contribution in [1.29, 1.82) is 0 Å². The van der Waals surface area contributed by atoms with E-state index in [9.17, 15) is 35.1 Å². The maximum absolute atomic E-state index is 13.0. The van der Waals surface area contributed by atoms with E-state index in [1.807, 2.05) is 0 Å². The van der Waals surface area contributed by atoms with Crippen LogP contribution >= 0.6 is 0 Å². The molecule has 0 aliphatic carbocycles. The normalized spacial score (nSPS) is 12.7. The van der Waals surface area contributed by atoms with Crippen molar-refractivity contribution in [3.8, 4) is 11.1 Å². The second-order valence-corrected chi connectivity index (χ2v) is 4.68. The van der Waals surface area contributed by atoms with E-state index in [2.05, 4.69) is 0 Å². The smallest absolute Gasteiger partial charge is 0.205 e. The summed E-state index contributed by atoms with van der Waals surface area (Å²) in [6, 6.07) is 5.06. The van der Waals surface area contributed by atoms with Gasteiger partial charge in [-0.15, -0.1) is 0 Å². The Morgan fingerprint density at radius 2 is 1.26 bits per heavy atom. The Kier molecular flexibility index (Phi) is 4.37. The Balaban J connectivity index is 2.60. The molecule has 0 spiro atoms. The number of hydrogen-bond donors (Lipinski definition) is 0. The number of benzene rings is 2. The average molecular weight is 340 g/mol. The Morgan fingerprint density at radius 3 is 1.78 bits per heavy atom. The van der Waals surface area contributed by atoms with Gasteiger partial charge in [0.05, 0.1) is 11.1 Å². The maximum Gasteiger partial charge on any atom is 0.416 e. The van der Waals surface area contributed by atoms with Crippen LogP contribution in [0.3, 0.4) is 0 Å². The van der Waals surface area contributed by atoms with E-state index < -0.39 is 35.5 Å². The molecule has 0 atom stereocenters. The first kappa shape index (κ1) is 17.2. The molecule has 0 bridgehead atoms. The van der Waals surface area contributed by atoms with E-state index in [1.54, 1.807) is 0 Å². The summed E-state index contributed by atoms with van der Waals surface area (Å²) < 4.78 is 102. The topological polar surface area (TPSA) is 0 Å². The first-order valence-electron chi connectivity index (χ1n) is 6.17. The van der Waals surface area contributed by atoms with E-state index >= 15 is 0 Å². The lowest BCUT2D eigenvalue weighted by atomic mass is 9.96. The van der Waals surface area contributed by atoms with Gasteiger partial charge in [-0.2, -0.15) is 26.3 Å². The van der Waals surface area contributed by atoms with Crippen LogP contribution in [0.15, 0.2) is 42.5 Å². The summed E-state index contributed by atoms with van der Waals surface area (Å²) >= 11 is 0. The number of hydrogen-bond acceptors (Lipinski definition) is 0. The van der Waals surface area contributed by atoms with Crippen molar-refractivity contribution in [3.63, 3.8) is 0 Å². The molecule has 0 aliphatic rings. The van der Waals surface area contributed by atoms with Crippen LogP contribution in [0.5, 0.6) is 0 Å². The monoisotopic (exact) mass is 340 g/mol. The SMILES string of the molecule is FC(F)c1cc(C(F)(F)F)ccc1-c1cccc(C(F)(F)F)c1. The molecule has 2 aromatic carbocycles. The number of halogens is 8. The Morgan fingerprint density at radius 1 is 0.696 bits per heavy atom. The van der Waals surface area contributed by atoms with Gasteiger partial charge in [0.25, 0.3) is 6.43 Å². The van der Waals surface area contributed by atoms with E-state index in [4.69, 9.17) is 0 Å². The van der Waals surface area contributed by atoms with Crippen molar-refractivity contribution in [2.75, 3.05) is 0 Å².